The quantitative estimate of drug-likeness (QED) is 0.303. The standard InChI is InChI=1S/C31H49NO6/c1-4-5-6-7-14-32-27(34)19-37-22-10-12-29(2)21(16-22)8-9-24-25(29)17-26(33)30(3)23(11-13-31(24,30)36)20-15-28(35)38-18-20/h15,21-26,33,36H,4-14,16-19H2,1-3H3,(H,32,34)/t21-,22+,23-,24-,25+,26-,29+,30+,31+/m1/s1. The molecule has 0 radical (unpaired) electrons. The van der Waals surface area contributed by atoms with E-state index >= 15 is 0 Å². The molecule has 0 aromatic heterocycles. The van der Waals surface area contributed by atoms with Crippen LogP contribution in [-0.2, 0) is 19.1 Å². The number of hydrogen-bond donors (Lipinski definition) is 3. The summed E-state index contributed by atoms with van der Waals surface area (Å²) < 4.78 is 11.3. The number of nitrogens with one attached hydrogen (secondary N) is 1. The van der Waals surface area contributed by atoms with Gasteiger partial charge in [-0.1, -0.05) is 40.0 Å². The molecule has 4 aliphatic carbocycles. The Labute approximate surface area is 228 Å². The summed E-state index contributed by atoms with van der Waals surface area (Å²) in [5, 5.41) is 27.0. The lowest BCUT2D eigenvalue weighted by molar-refractivity contribution is -0.245. The average Bonchev–Trinajstić information content (AvgIpc) is 3.44. The molecule has 1 aliphatic heterocycles. The Hall–Kier alpha value is -1.44. The predicted octanol–water partition coefficient (Wildman–Crippen LogP) is 4.30. The number of carbonyl (C=O) groups is 2. The maximum atomic E-state index is 12.4. The number of hydrogen-bond acceptors (Lipinski definition) is 6. The largest absolute Gasteiger partial charge is 0.458 e. The van der Waals surface area contributed by atoms with Gasteiger partial charge in [0.2, 0.25) is 5.91 Å². The highest BCUT2D eigenvalue weighted by atomic mass is 16.5. The summed E-state index contributed by atoms with van der Waals surface area (Å²) in [6.45, 7) is 7.76. The van der Waals surface area contributed by atoms with Gasteiger partial charge in [-0.25, -0.2) is 4.79 Å². The highest BCUT2D eigenvalue weighted by Gasteiger charge is 2.70. The van der Waals surface area contributed by atoms with Gasteiger partial charge in [0, 0.05) is 18.0 Å². The molecule has 7 heteroatoms. The lowest BCUT2D eigenvalue weighted by Gasteiger charge is -2.65. The topological polar surface area (TPSA) is 105 Å². The van der Waals surface area contributed by atoms with Crippen molar-refractivity contribution in [3.8, 4) is 0 Å². The lowest BCUT2D eigenvalue weighted by Crippen LogP contribution is -2.67. The van der Waals surface area contributed by atoms with Gasteiger partial charge in [-0.3, -0.25) is 4.79 Å². The summed E-state index contributed by atoms with van der Waals surface area (Å²) in [6, 6.07) is 0. The van der Waals surface area contributed by atoms with Crippen molar-refractivity contribution in [2.75, 3.05) is 19.8 Å². The van der Waals surface area contributed by atoms with Crippen LogP contribution in [0.5, 0.6) is 0 Å². The number of esters is 1. The molecular formula is C31H49NO6. The fourth-order valence-corrected chi connectivity index (χ4v) is 9.53. The minimum absolute atomic E-state index is 0.0179. The van der Waals surface area contributed by atoms with Crippen LogP contribution in [0.4, 0.5) is 0 Å². The Morgan fingerprint density at radius 1 is 1.11 bits per heavy atom. The Morgan fingerprint density at radius 3 is 2.66 bits per heavy atom. The second-order valence-electron chi connectivity index (χ2n) is 13.5. The Kier molecular flexibility index (Phi) is 8.03. The van der Waals surface area contributed by atoms with Crippen LogP contribution in [0.2, 0.25) is 0 Å². The number of ether oxygens (including phenoxy) is 2. The molecule has 3 N–H and O–H groups in total. The smallest absolute Gasteiger partial charge is 0.331 e. The van der Waals surface area contributed by atoms with Gasteiger partial charge in [0.15, 0.2) is 0 Å². The van der Waals surface area contributed by atoms with Gasteiger partial charge in [0.05, 0.1) is 17.8 Å². The summed E-state index contributed by atoms with van der Waals surface area (Å²) in [5.41, 5.74) is -0.621. The third-order valence-corrected chi connectivity index (χ3v) is 11.8. The summed E-state index contributed by atoms with van der Waals surface area (Å²) >= 11 is 0. The highest BCUT2D eigenvalue weighted by molar-refractivity contribution is 5.85. The second kappa shape index (κ2) is 10.9. The molecule has 0 spiro atoms. The predicted molar refractivity (Wildman–Crippen MR) is 144 cm³/mol. The Balaban J connectivity index is 1.21. The first-order valence-electron chi connectivity index (χ1n) is 15.3. The van der Waals surface area contributed by atoms with Gasteiger partial charge in [-0.2, -0.15) is 0 Å². The number of aliphatic hydroxyl groups excluding tert-OH is 1. The minimum Gasteiger partial charge on any atom is -0.458 e. The number of fused-ring (bicyclic) bond motifs is 5. The van der Waals surface area contributed by atoms with E-state index in [2.05, 4.69) is 26.1 Å². The maximum Gasteiger partial charge on any atom is 0.331 e. The van der Waals surface area contributed by atoms with Gasteiger partial charge in [-0.05, 0) is 92.4 Å². The molecule has 0 saturated heterocycles. The van der Waals surface area contributed by atoms with Crippen molar-refractivity contribution < 1.29 is 29.3 Å². The van der Waals surface area contributed by atoms with E-state index in [0.29, 0.717) is 18.8 Å². The molecular weight excluding hydrogens is 482 g/mol. The van der Waals surface area contributed by atoms with Crippen LogP contribution in [0, 0.1) is 34.5 Å². The fourth-order valence-electron chi connectivity index (χ4n) is 9.53. The zero-order valence-electron chi connectivity index (χ0n) is 23.7. The van der Waals surface area contributed by atoms with Gasteiger partial charge in [-0.15, -0.1) is 0 Å². The summed E-state index contributed by atoms with van der Waals surface area (Å²) in [5.74, 6) is 0.532. The van der Waals surface area contributed by atoms with Crippen LogP contribution in [-0.4, -0.2) is 59.7 Å². The molecule has 214 valence electrons. The van der Waals surface area contributed by atoms with E-state index in [-0.39, 0.29) is 54.4 Å². The molecule has 0 bridgehead atoms. The third-order valence-electron chi connectivity index (χ3n) is 11.8. The number of aliphatic hydroxyl groups is 2. The van der Waals surface area contributed by atoms with Gasteiger partial charge >= 0.3 is 5.97 Å². The SMILES string of the molecule is CCCCCCNC(=O)CO[C@H]1CC[C@@]2(C)[C@H](CC[C@@H]3[C@@H]2C[C@@H](O)[C@]2(C)[C@@H](C4=CC(=O)OC4)CC[C@]32O)C1. The Bertz CT molecular complexity index is 935. The molecule has 1 heterocycles. The van der Waals surface area contributed by atoms with E-state index in [9.17, 15) is 19.8 Å². The number of rotatable bonds is 9. The fraction of sp³-hybridized carbons (Fsp3) is 0.871. The van der Waals surface area contributed by atoms with E-state index in [1.165, 1.54) is 12.8 Å². The van der Waals surface area contributed by atoms with Crippen molar-refractivity contribution in [2.45, 2.75) is 116 Å². The van der Waals surface area contributed by atoms with Gasteiger partial charge < -0.3 is 25.0 Å². The van der Waals surface area contributed by atoms with Crippen molar-refractivity contribution in [1.29, 1.82) is 0 Å². The molecule has 4 fully saturated rings. The molecule has 0 aromatic rings. The van der Waals surface area contributed by atoms with E-state index in [1.807, 2.05) is 0 Å². The summed E-state index contributed by atoms with van der Waals surface area (Å²) in [7, 11) is 0. The Morgan fingerprint density at radius 2 is 1.92 bits per heavy atom. The first kappa shape index (κ1) is 28.1. The van der Waals surface area contributed by atoms with Crippen molar-refractivity contribution in [3.05, 3.63) is 11.6 Å². The van der Waals surface area contributed by atoms with E-state index in [1.54, 1.807) is 6.08 Å². The number of amides is 1. The zero-order chi connectivity index (χ0) is 27.1. The number of unbranched alkanes of at least 4 members (excludes halogenated alkanes) is 3. The normalized spacial score (nSPS) is 44.0. The van der Waals surface area contributed by atoms with E-state index < -0.39 is 17.1 Å². The van der Waals surface area contributed by atoms with Crippen LogP contribution in [0.1, 0.15) is 97.8 Å². The van der Waals surface area contributed by atoms with Crippen molar-refractivity contribution in [2.24, 2.45) is 34.5 Å². The summed E-state index contributed by atoms with van der Waals surface area (Å²) in [4.78, 5) is 24.1. The zero-order valence-corrected chi connectivity index (χ0v) is 23.7. The first-order chi connectivity index (χ1) is 18.1. The number of cyclic esters (lactones) is 1. The molecule has 9 atom stereocenters. The summed E-state index contributed by atoms with van der Waals surface area (Å²) in [6.07, 6.45) is 12.6. The van der Waals surface area contributed by atoms with Crippen molar-refractivity contribution in [1.82, 2.24) is 5.32 Å². The number of carbonyl (C=O) groups excluding carboxylic acids is 2. The second-order valence-corrected chi connectivity index (χ2v) is 13.5. The van der Waals surface area contributed by atoms with E-state index in [0.717, 1.165) is 63.5 Å². The van der Waals surface area contributed by atoms with Gasteiger partial charge in [0.25, 0.3) is 0 Å². The molecule has 0 unspecified atom stereocenters. The monoisotopic (exact) mass is 531 g/mol. The molecule has 1 amide bonds. The molecule has 5 aliphatic rings. The molecule has 0 aromatic carbocycles. The molecule has 4 saturated carbocycles. The minimum atomic E-state index is -0.941. The van der Waals surface area contributed by atoms with Crippen LogP contribution in [0.15, 0.2) is 11.6 Å². The van der Waals surface area contributed by atoms with Crippen molar-refractivity contribution >= 4 is 11.9 Å². The van der Waals surface area contributed by atoms with Crippen molar-refractivity contribution in [3.63, 3.8) is 0 Å². The first-order valence-corrected chi connectivity index (χ1v) is 15.3. The van der Waals surface area contributed by atoms with Crippen LogP contribution in [0.3, 0.4) is 0 Å². The van der Waals surface area contributed by atoms with Gasteiger partial charge in [0.1, 0.15) is 13.2 Å². The molecule has 7 nitrogen and oxygen atoms in total. The molecule has 5 rings (SSSR count). The van der Waals surface area contributed by atoms with Crippen LogP contribution >= 0.6 is 0 Å². The van der Waals surface area contributed by atoms with Crippen LogP contribution in [0.25, 0.3) is 0 Å². The van der Waals surface area contributed by atoms with E-state index in [4.69, 9.17) is 9.47 Å². The van der Waals surface area contributed by atoms with Crippen LogP contribution < -0.4 is 5.32 Å². The third kappa shape index (κ3) is 4.64. The maximum absolute atomic E-state index is 12.4. The lowest BCUT2D eigenvalue weighted by atomic mass is 9.42. The highest BCUT2D eigenvalue weighted by Crippen LogP contribution is 2.70. The average molecular weight is 532 g/mol. The molecule has 38 heavy (non-hydrogen) atoms.